The SMILES string of the molecule is CC(=O)N1CCN(C(=O)c2ccc3c(c2)NC(=O)C3)CC1. The molecule has 1 fully saturated rings. The van der Waals surface area contributed by atoms with Crippen LogP contribution in [-0.2, 0) is 16.0 Å². The number of carbonyl (C=O) groups excluding carboxylic acids is 3. The summed E-state index contributed by atoms with van der Waals surface area (Å²) in [5, 5.41) is 2.75. The first kappa shape index (κ1) is 13.6. The van der Waals surface area contributed by atoms with Gasteiger partial charge in [-0.2, -0.15) is 0 Å². The van der Waals surface area contributed by atoms with E-state index in [0.29, 0.717) is 38.2 Å². The van der Waals surface area contributed by atoms with Crippen LogP contribution in [0.2, 0.25) is 0 Å². The Balaban J connectivity index is 1.71. The summed E-state index contributed by atoms with van der Waals surface area (Å²) in [6.45, 7) is 3.77. The zero-order valence-corrected chi connectivity index (χ0v) is 11.9. The third-order valence-electron chi connectivity index (χ3n) is 3.99. The fraction of sp³-hybridized carbons (Fsp3) is 0.400. The zero-order valence-electron chi connectivity index (χ0n) is 11.9. The van der Waals surface area contributed by atoms with E-state index in [1.165, 1.54) is 0 Å². The zero-order chi connectivity index (χ0) is 15.0. The third kappa shape index (κ3) is 2.61. The van der Waals surface area contributed by atoms with Crippen LogP contribution in [0.5, 0.6) is 0 Å². The van der Waals surface area contributed by atoms with Crippen LogP contribution in [0.4, 0.5) is 5.69 Å². The normalized spacial score (nSPS) is 17.5. The van der Waals surface area contributed by atoms with Gasteiger partial charge in [0.15, 0.2) is 0 Å². The minimum absolute atomic E-state index is 0.0373. The lowest BCUT2D eigenvalue weighted by Gasteiger charge is -2.34. The van der Waals surface area contributed by atoms with Gasteiger partial charge in [0.1, 0.15) is 0 Å². The molecule has 0 atom stereocenters. The smallest absolute Gasteiger partial charge is 0.254 e. The number of benzene rings is 1. The van der Waals surface area contributed by atoms with Crippen molar-refractivity contribution in [2.24, 2.45) is 0 Å². The molecule has 0 radical (unpaired) electrons. The molecule has 3 rings (SSSR count). The Hall–Kier alpha value is -2.37. The summed E-state index contributed by atoms with van der Waals surface area (Å²) in [6.07, 6.45) is 0.376. The second-order valence-corrected chi connectivity index (χ2v) is 5.40. The van der Waals surface area contributed by atoms with Gasteiger partial charge in [-0.1, -0.05) is 6.07 Å². The van der Waals surface area contributed by atoms with Gasteiger partial charge in [0.05, 0.1) is 6.42 Å². The van der Waals surface area contributed by atoms with Crippen molar-refractivity contribution in [3.8, 4) is 0 Å². The van der Waals surface area contributed by atoms with E-state index in [2.05, 4.69) is 5.32 Å². The molecule has 0 unspecified atom stereocenters. The van der Waals surface area contributed by atoms with Gasteiger partial charge in [-0.3, -0.25) is 14.4 Å². The molecule has 0 aromatic heterocycles. The van der Waals surface area contributed by atoms with Crippen molar-refractivity contribution in [2.75, 3.05) is 31.5 Å². The standard InChI is InChI=1S/C15H17N3O3/c1-10(19)17-4-6-18(7-5-17)15(21)12-3-2-11-9-14(20)16-13(11)8-12/h2-3,8H,4-7,9H2,1H3,(H,16,20). The predicted octanol–water partition coefficient (Wildman–Crippen LogP) is 0.485. The topological polar surface area (TPSA) is 69.7 Å². The fourth-order valence-electron chi connectivity index (χ4n) is 2.75. The Kier molecular flexibility index (Phi) is 3.37. The molecule has 3 amide bonds. The second kappa shape index (κ2) is 5.20. The predicted molar refractivity (Wildman–Crippen MR) is 76.9 cm³/mol. The van der Waals surface area contributed by atoms with Crippen molar-refractivity contribution in [2.45, 2.75) is 13.3 Å². The van der Waals surface area contributed by atoms with Crippen molar-refractivity contribution in [1.29, 1.82) is 0 Å². The lowest BCUT2D eigenvalue weighted by molar-refractivity contribution is -0.130. The van der Waals surface area contributed by atoms with E-state index in [-0.39, 0.29) is 17.7 Å². The summed E-state index contributed by atoms with van der Waals surface area (Å²) >= 11 is 0. The molecule has 6 heteroatoms. The lowest BCUT2D eigenvalue weighted by Crippen LogP contribution is -2.50. The molecule has 2 aliphatic heterocycles. The number of piperazine rings is 1. The number of hydrogen-bond acceptors (Lipinski definition) is 3. The van der Waals surface area contributed by atoms with E-state index in [1.807, 2.05) is 6.07 Å². The van der Waals surface area contributed by atoms with Gasteiger partial charge < -0.3 is 15.1 Å². The third-order valence-corrected chi connectivity index (χ3v) is 3.99. The van der Waals surface area contributed by atoms with Crippen LogP contribution in [0.25, 0.3) is 0 Å². The fourth-order valence-corrected chi connectivity index (χ4v) is 2.75. The summed E-state index contributed by atoms with van der Waals surface area (Å²) < 4.78 is 0. The monoisotopic (exact) mass is 287 g/mol. The molecular weight excluding hydrogens is 270 g/mol. The quantitative estimate of drug-likeness (QED) is 0.817. The first-order valence-corrected chi connectivity index (χ1v) is 7.02. The number of fused-ring (bicyclic) bond motifs is 1. The largest absolute Gasteiger partial charge is 0.339 e. The number of carbonyl (C=O) groups is 3. The summed E-state index contributed by atoms with van der Waals surface area (Å²) in [5.41, 5.74) is 2.23. The minimum atomic E-state index is -0.0536. The molecule has 1 aromatic carbocycles. The van der Waals surface area contributed by atoms with Crippen molar-refractivity contribution in [3.63, 3.8) is 0 Å². The van der Waals surface area contributed by atoms with Gasteiger partial charge in [0.25, 0.3) is 5.91 Å². The van der Waals surface area contributed by atoms with E-state index in [1.54, 1.807) is 28.9 Å². The minimum Gasteiger partial charge on any atom is -0.339 e. The van der Waals surface area contributed by atoms with Gasteiger partial charge >= 0.3 is 0 Å². The van der Waals surface area contributed by atoms with Crippen LogP contribution in [0.1, 0.15) is 22.8 Å². The molecule has 0 bridgehead atoms. The van der Waals surface area contributed by atoms with Crippen molar-refractivity contribution < 1.29 is 14.4 Å². The van der Waals surface area contributed by atoms with Crippen molar-refractivity contribution in [1.82, 2.24) is 9.80 Å². The van der Waals surface area contributed by atoms with Gasteiger partial charge in [-0.15, -0.1) is 0 Å². The van der Waals surface area contributed by atoms with Crippen LogP contribution in [0.15, 0.2) is 18.2 Å². The summed E-state index contributed by atoms with van der Waals surface area (Å²) in [7, 11) is 0. The summed E-state index contributed by atoms with van der Waals surface area (Å²) in [5.74, 6) is -0.0471. The Morgan fingerprint density at radius 3 is 2.43 bits per heavy atom. The maximum Gasteiger partial charge on any atom is 0.254 e. The molecule has 0 spiro atoms. The van der Waals surface area contributed by atoms with Crippen LogP contribution >= 0.6 is 0 Å². The number of anilines is 1. The number of nitrogens with one attached hydrogen (secondary N) is 1. The molecule has 110 valence electrons. The summed E-state index contributed by atoms with van der Waals surface area (Å²) in [6, 6.07) is 5.32. The van der Waals surface area contributed by atoms with Gasteiger partial charge in [-0.05, 0) is 17.7 Å². The average Bonchev–Trinajstić information content (AvgIpc) is 2.85. The van der Waals surface area contributed by atoms with Crippen molar-refractivity contribution in [3.05, 3.63) is 29.3 Å². The molecular formula is C15H17N3O3. The van der Waals surface area contributed by atoms with Crippen LogP contribution in [-0.4, -0.2) is 53.7 Å². The van der Waals surface area contributed by atoms with E-state index < -0.39 is 0 Å². The number of hydrogen-bond donors (Lipinski definition) is 1. The molecule has 1 N–H and O–H groups in total. The highest BCUT2D eigenvalue weighted by Gasteiger charge is 2.25. The van der Waals surface area contributed by atoms with Gasteiger partial charge in [0, 0.05) is 44.4 Å². The van der Waals surface area contributed by atoms with Crippen molar-refractivity contribution >= 4 is 23.4 Å². The lowest BCUT2D eigenvalue weighted by atomic mass is 10.1. The summed E-state index contributed by atoms with van der Waals surface area (Å²) in [4.78, 5) is 38.6. The average molecular weight is 287 g/mol. The molecule has 1 aromatic rings. The molecule has 6 nitrogen and oxygen atoms in total. The molecule has 0 aliphatic carbocycles. The second-order valence-electron chi connectivity index (χ2n) is 5.40. The highest BCUT2D eigenvalue weighted by Crippen LogP contribution is 2.24. The van der Waals surface area contributed by atoms with E-state index >= 15 is 0 Å². The number of rotatable bonds is 1. The first-order valence-electron chi connectivity index (χ1n) is 7.02. The highest BCUT2D eigenvalue weighted by atomic mass is 16.2. The number of nitrogens with zero attached hydrogens (tertiary/aromatic N) is 2. The molecule has 2 aliphatic rings. The van der Waals surface area contributed by atoms with Crippen LogP contribution in [0, 0.1) is 0 Å². The van der Waals surface area contributed by atoms with E-state index in [0.717, 1.165) is 11.3 Å². The molecule has 1 saturated heterocycles. The van der Waals surface area contributed by atoms with Crippen LogP contribution < -0.4 is 5.32 Å². The van der Waals surface area contributed by atoms with E-state index in [4.69, 9.17) is 0 Å². The van der Waals surface area contributed by atoms with Crippen LogP contribution in [0.3, 0.4) is 0 Å². The Morgan fingerprint density at radius 1 is 1.10 bits per heavy atom. The van der Waals surface area contributed by atoms with Gasteiger partial charge in [0.2, 0.25) is 11.8 Å². The molecule has 0 saturated carbocycles. The molecule has 21 heavy (non-hydrogen) atoms. The Labute approximate surface area is 122 Å². The van der Waals surface area contributed by atoms with E-state index in [9.17, 15) is 14.4 Å². The highest BCUT2D eigenvalue weighted by molar-refractivity contribution is 6.02. The molecule has 2 heterocycles. The maximum atomic E-state index is 12.5. The first-order chi connectivity index (χ1) is 10.0. The Morgan fingerprint density at radius 2 is 1.76 bits per heavy atom. The van der Waals surface area contributed by atoms with Gasteiger partial charge in [-0.25, -0.2) is 0 Å². The Bertz CT molecular complexity index is 619. The maximum absolute atomic E-state index is 12.5. The number of amides is 3.